The van der Waals surface area contributed by atoms with Gasteiger partial charge in [-0.2, -0.15) is 13.2 Å². The monoisotopic (exact) mass is 457 g/mol. The Labute approximate surface area is 184 Å². The predicted molar refractivity (Wildman–Crippen MR) is 113 cm³/mol. The number of carboxylic acids is 1. The van der Waals surface area contributed by atoms with Gasteiger partial charge in [0.15, 0.2) is 0 Å². The van der Waals surface area contributed by atoms with Gasteiger partial charge in [-0.15, -0.1) is 0 Å². The molecule has 10 heteroatoms. The highest BCUT2D eigenvalue weighted by molar-refractivity contribution is 5.80. The predicted octanol–water partition coefficient (Wildman–Crippen LogP) is 5.12. The molecule has 1 aromatic heterocycles. The number of hydrogen-bond acceptors (Lipinski definition) is 5. The molecule has 0 saturated carbocycles. The SMILES string of the molecule is Cc1cc(OC(C)(C)C)ccc1-c1c(C)ncnc1N1CCC(F)C1.O=C(O)C(F)(F)F. The van der Waals surface area contributed by atoms with Crippen molar-refractivity contribution in [2.45, 2.75) is 59.0 Å². The van der Waals surface area contributed by atoms with Gasteiger partial charge in [-0.25, -0.2) is 19.2 Å². The van der Waals surface area contributed by atoms with Gasteiger partial charge in [0.25, 0.3) is 0 Å². The Morgan fingerprint density at radius 1 is 1.19 bits per heavy atom. The second-order valence-corrected chi connectivity index (χ2v) is 8.48. The molecule has 0 bridgehead atoms. The van der Waals surface area contributed by atoms with Crippen LogP contribution in [0.15, 0.2) is 24.5 Å². The number of aliphatic carboxylic acids is 1. The molecule has 1 aliphatic rings. The van der Waals surface area contributed by atoms with Crippen LogP contribution in [0.3, 0.4) is 0 Å². The number of carboxylic acid groups (broad SMARTS) is 1. The molecule has 0 amide bonds. The van der Waals surface area contributed by atoms with E-state index in [-0.39, 0.29) is 5.60 Å². The van der Waals surface area contributed by atoms with E-state index < -0.39 is 18.3 Å². The highest BCUT2D eigenvalue weighted by Crippen LogP contribution is 2.36. The Bertz CT molecular complexity index is 958. The van der Waals surface area contributed by atoms with E-state index in [0.29, 0.717) is 19.5 Å². The molecule has 2 aromatic rings. The zero-order valence-electron chi connectivity index (χ0n) is 18.6. The number of carbonyl (C=O) groups is 1. The fourth-order valence-electron chi connectivity index (χ4n) is 3.26. The molecule has 1 aliphatic heterocycles. The Morgan fingerprint density at radius 2 is 1.81 bits per heavy atom. The van der Waals surface area contributed by atoms with Gasteiger partial charge in [0.05, 0.1) is 12.2 Å². The third-order valence-electron chi connectivity index (χ3n) is 4.58. The van der Waals surface area contributed by atoms with Gasteiger partial charge in [-0.3, -0.25) is 0 Å². The number of halogens is 4. The van der Waals surface area contributed by atoms with Crippen molar-refractivity contribution in [3.63, 3.8) is 0 Å². The van der Waals surface area contributed by atoms with Crippen LogP contribution in [0, 0.1) is 13.8 Å². The van der Waals surface area contributed by atoms with Crippen LogP contribution >= 0.6 is 0 Å². The summed E-state index contributed by atoms with van der Waals surface area (Å²) in [5.74, 6) is -1.09. The van der Waals surface area contributed by atoms with Crippen LogP contribution < -0.4 is 9.64 Å². The summed E-state index contributed by atoms with van der Waals surface area (Å²) in [5.41, 5.74) is 3.81. The van der Waals surface area contributed by atoms with Crippen LogP contribution in [0.25, 0.3) is 11.1 Å². The van der Waals surface area contributed by atoms with E-state index in [9.17, 15) is 17.6 Å². The van der Waals surface area contributed by atoms with Crippen molar-refractivity contribution in [2.24, 2.45) is 0 Å². The summed E-state index contributed by atoms with van der Waals surface area (Å²) in [5, 5.41) is 7.12. The molecule has 1 saturated heterocycles. The van der Waals surface area contributed by atoms with Crippen LogP contribution in [0.1, 0.15) is 38.4 Å². The first-order valence-corrected chi connectivity index (χ1v) is 10.00. The molecule has 2 heterocycles. The van der Waals surface area contributed by atoms with Crippen LogP contribution in [-0.2, 0) is 4.79 Å². The maximum absolute atomic E-state index is 13.7. The molecule has 1 fully saturated rings. The number of rotatable bonds is 3. The molecule has 1 N–H and O–H groups in total. The van der Waals surface area contributed by atoms with Crippen molar-refractivity contribution in [3.8, 4) is 16.9 Å². The van der Waals surface area contributed by atoms with E-state index in [4.69, 9.17) is 14.6 Å². The van der Waals surface area contributed by atoms with Crippen LogP contribution in [0.4, 0.5) is 23.4 Å². The molecule has 1 aromatic carbocycles. The van der Waals surface area contributed by atoms with Crippen molar-refractivity contribution in [1.29, 1.82) is 0 Å². The lowest BCUT2D eigenvalue weighted by Gasteiger charge is -2.24. The summed E-state index contributed by atoms with van der Waals surface area (Å²) in [6, 6.07) is 6.07. The second-order valence-electron chi connectivity index (χ2n) is 8.48. The molecule has 3 rings (SSSR count). The maximum atomic E-state index is 13.7. The van der Waals surface area contributed by atoms with Gasteiger partial charge >= 0.3 is 12.1 Å². The lowest BCUT2D eigenvalue weighted by atomic mass is 9.99. The number of benzene rings is 1. The fraction of sp³-hybridized carbons (Fsp3) is 0.500. The highest BCUT2D eigenvalue weighted by atomic mass is 19.4. The number of aryl methyl sites for hydroxylation is 2. The minimum absolute atomic E-state index is 0.240. The first-order chi connectivity index (χ1) is 14.7. The second kappa shape index (κ2) is 9.70. The summed E-state index contributed by atoms with van der Waals surface area (Å²) in [6.07, 6.45) is -3.75. The van der Waals surface area contributed by atoms with Crippen molar-refractivity contribution < 1.29 is 32.2 Å². The third kappa shape index (κ3) is 6.80. The first kappa shape index (κ1) is 25.4. The van der Waals surface area contributed by atoms with Crippen molar-refractivity contribution >= 4 is 11.8 Å². The molecule has 176 valence electrons. The molecule has 6 nitrogen and oxygen atoms in total. The van der Waals surface area contributed by atoms with Crippen molar-refractivity contribution in [1.82, 2.24) is 9.97 Å². The number of anilines is 1. The van der Waals surface area contributed by atoms with E-state index in [2.05, 4.69) is 23.0 Å². The minimum Gasteiger partial charge on any atom is -0.488 e. The van der Waals surface area contributed by atoms with E-state index in [1.165, 1.54) is 0 Å². The van der Waals surface area contributed by atoms with Crippen LogP contribution in [-0.4, -0.2) is 52.1 Å². The van der Waals surface area contributed by atoms with Crippen molar-refractivity contribution in [3.05, 3.63) is 35.8 Å². The van der Waals surface area contributed by atoms with E-state index >= 15 is 0 Å². The van der Waals surface area contributed by atoms with Crippen LogP contribution in [0.2, 0.25) is 0 Å². The Kier molecular flexibility index (Phi) is 7.69. The number of aromatic nitrogens is 2. The molecule has 0 aliphatic carbocycles. The molecule has 0 radical (unpaired) electrons. The number of ether oxygens (including phenoxy) is 1. The average molecular weight is 457 g/mol. The summed E-state index contributed by atoms with van der Waals surface area (Å²) < 4.78 is 51.4. The molecular weight excluding hydrogens is 430 g/mol. The maximum Gasteiger partial charge on any atom is 0.490 e. The summed E-state index contributed by atoms with van der Waals surface area (Å²) >= 11 is 0. The van der Waals surface area contributed by atoms with E-state index in [1.54, 1.807) is 6.33 Å². The lowest BCUT2D eigenvalue weighted by molar-refractivity contribution is -0.192. The normalized spacial score (nSPS) is 16.4. The van der Waals surface area contributed by atoms with Gasteiger partial charge in [0.2, 0.25) is 0 Å². The van der Waals surface area contributed by atoms with Gasteiger partial charge in [0, 0.05) is 12.1 Å². The number of alkyl halides is 4. The minimum atomic E-state index is -5.08. The summed E-state index contributed by atoms with van der Waals surface area (Å²) in [6.45, 7) is 11.2. The van der Waals surface area contributed by atoms with Gasteiger partial charge < -0.3 is 14.7 Å². The molecule has 1 atom stereocenters. The standard InChI is InChI=1S/C20H26FN3O.C2HF3O2/c1-13-10-16(25-20(3,4)5)6-7-17(13)18-14(2)22-12-23-19(18)24-9-8-15(21)11-24;3-2(4,5)1(6)7/h6-7,10,12,15H,8-9,11H2,1-5H3;(H,6,7). The fourth-order valence-corrected chi connectivity index (χ4v) is 3.26. The topological polar surface area (TPSA) is 75.6 Å². The average Bonchev–Trinajstić information content (AvgIpc) is 3.07. The van der Waals surface area contributed by atoms with Gasteiger partial charge in [0.1, 0.15) is 29.7 Å². The number of nitrogens with zero attached hydrogens (tertiary/aromatic N) is 3. The molecule has 0 spiro atoms. The lowest BCUT2D eigenvalue weighted by Crippen LogP contribution is -2.23. The molecule has 1 unspecified atom stereocenters. The Morgan fingerprint density at radius 3 is 2.28 bits per heavy atom. The van der Waals surface area contributed by atoms with Crippen LogP contribution in [0.5, 0.6) is 5.75 Å². The smallest absolute Gasteiger partial charge is 0.488 e. The highest BCUT2D eigenvalue weighted by Gasteiger charge is 2.38. The van der Waals surface area contributed by atoms with Crippen molar-refractivity contribution in [2.75, 3.05) is 18.0 Å². The first-order valence-electron chi connectivity index (χ1n) is 10.00. The summed E-state index contributed by atoms with van der Waals surface area (Å²) in [4.78, 5) is 19.8. The zero-order chi connectivity index (χ0) is 24.3. The molecule has 32 heavy (non-hydrogen) atoms. The van der Waals surface area contributed by atoms with Gasteiger partial charge in [-0.05, 0) is 64.3 Å². The third-order valence-corrected chi connectivity index (χ3v) is 4.58. The quantitative estimate of drug-likeness (QED) is 0.645. The van der Waals surface area contributed by atoms with E-state index in [0.717, 1.165) is 34.0 Å². The van der Waals surface area contributed by atoms with Gasteiger partial charge in [-0.1, -0.05) is 6.07 Å². The zero-order valence-corrected chi connectivity index (χ0v) is 18.6. The summed E-state index contributed by atoms with van der Waals surface area (Å²) in [7, 11) is 0. The number of hydrogen-bond donors (Lipinski definition) is 1. The Hall–Kier alpha value is -2.91. The largest absolute Gasteiger partial charge is 0.490 e. The van der Waals surface area contributed by atoms with E-state index in [1.807, 2.05) is 44.7 Å². The molecular formula is C22H27F4N3O3. The Balaban J connectivity index is 0.000000451.